The molecule has 1 saturated heterocycles. The van der Waals surface area contributed by atoms with Crippen LogP contribution in [-0.2, 0) is 9.47 Å². The molecule has 0 bridgehead atoms. The molecule has 1 aliphatic heterocycles. The van der Waals surface area contributed by atoms with Gasteiger partial charge in [-0.3, -0.25) is 0 Å². The summed E-state index contributed by atoms with van der Waals surface area (Å²) in [5.74, 6) is 0.673. The zero-order valence-corrected chi connectivity index (χ0v) is 12.0. The van der Waals surface area contributed by atoms with Crippen LogP contribution in [-0.4, -0.2) is 26.1 Å². The van der Waals surface area contributed by atoms with E-state index in [1.165, 1.54) is 6.07 Å². The molecule has 2 aromatic rings. The lowest BCUT2D eigenvalue weighted by molar-refractivity contribution is -0.183. The lowest BCUT2D eigenvalue weighted by Gasteiger charge is -2.23. The molecule has 0 N–H and O–H groups in total. The van der Waals surface area contributed by atoms with Crippen molar-refractivity contribution in [1.29, 1.82) is 0 Å². The number of benzene rings is 1. The molecular formula is C16H18O5. The van der Waals surface area contributed by atoms with Gasteiger partial charge in [0, 0.05) is 23.9 Å². The summed E-state index contributed by atoms with van der Waals surface area (Å²) < 4.78 is 21.8. The minimum atomic E-state index is -0.346. The molecule has 2 heterocycles. The van der Waals surface area contributed by atoms with Gasteiger partial charge in [-0.15, -0.1) is 0 Å². The summed E-state index contributed by atoms with van der Waals surface area (Å²) in [7, 11) is 0. The Labute approximate surface area is 122 Å². The molecule has 0 unspecified atom stereocenters. The highest BCUT2D eigenvalue weighted by molar-refractivity contribution is 5.81. The Morgan fingerprint density at radius 1 is 1.24 bits per heavy atom. The molecule has 0 amide bonds. The highest BCUT2D eigenvalue weighted by Gasteiger charge is 2.14. The normalized spacial score (nSPS) is 16.2. The van der Waals surface area contributed by atoms with E-state index in [0.29, 0.717) is 24.4 Å². The minimum absolute atomic E-state index is 0.181. The Kier molecular flexibility index (Phi) is 4.22. The standard InChI is InChI=1S/C16H18O5/c1-11-9-15(17)21-14-10-12(3-4-13(11)14)18-8-5-16-19-6-2-7-20-16/h3-4,9-10,16H,2,5-8H2,1H3. The molecule has 21 heavy (non-hydrogen) atoms. The van der Waals surface area contributed by atoms with Gasteiger partial charge in [0.25, 0.3) is 0 Å². The van der Waals surface area contributed by atoms with E-state index in [1.807, 2.05) is 19.1 Å². The second kappa shape index (κ2) is 6.28. The van der Waals surface area contributed by atoms with Crippen molar-refractivity contribution in [3.63, 3.8) is 0 Å². The second-order valence-corrected chi connectivity index (χ2v) is 5.07. The molecule has 5 nitrogen and oxygen atoms in total. The first kappa shape index (κ1) is 14.1. The fourth-order valence-corrected chi connectivity index (χ4v) is 2.37. The number of ether oxygens (including phenoxy) is 3. The lowest BCUT2D eigenvalue weighted by atomic mass is 10.1. The van der Waals surface area contributed by atoms with E-state index in [1.54, 1.807) is 6.07 Å². The maximum absolute atomic E-state index is 11.4. The molecule has 5 heteroatoms. The Balaban J connectivity index is 1.65. The van der Waals surface area contributed by atoms with E-state index < -0.39 is 0 Å². The Bertz CT molecular complexity index is 670. The van der Waals surface area contributed by atoms with Crippen LogP contribution in [0.5, 0.6) is 5.75 Å². The molecule has 1 aromatic heterocycles. The quantitative estimate of drug-likeness (QED) is 0.810. The Hall–Kier alpha value is -1.85. The van der Waals surface area contributed by atoms with Crippen LogP contribution in [0.15, 0.2) is 33.5 Å². The molecule has 3 rings (SSSR count). The van der Waals surface area contributed by atoms with Crippen molar-refractivity contribution in [1.82, 2.24) is 0 Å². The number of fused-ring (bicyclic) bond motifs is 1. The van der Waals surface area contributed by atoms with Crippen LogP contribution in [0.3, 0.4) is 0 Å². The molecular weight excluding hydrogens is 272 g/mol. The maximum atomic E-state index is 11.4. The van der Waals surface area contributed by atoms with Gasteiger partial charge in [0.1, 0.15) is 11.3 Å². The van der Waals surface area contributed by atoms with E-state index >= 15 is 0 Å². The summed E-state index contributed by atoms with van der Waals surface area (Å²) in [5.41, 5.74) is 1.10. The predicted molar refractivity (Wildman–Crippen MR) is 77.6 cm³/mol. The second-order valence-electron chi connectivity index (χ2n) is 5.07. The van der Waals surface area contributed by atoms with E-state index in [9.17, 15) is 4.79 Å². The molecule has 0 aliphatic carbocycles. The number of hydrogen-bond donors (Lipinski definition) is 0. The van der Waals surface area contributed by atoms with E-state index in [-0.39, 0.29) is 11.9 Å². The third-order valence-corrected chi connectivity index (χ3v) is 3.44. The van der Waals surface area contributed by atoms with Gasteiger partial charge in [-0.1, -0.05) is 0 Å². The van der Waals surface area contributed by atoms with Crippen molar-refractivity contribution < 1.29 is 18.6 Å². The average Bonchev–Trinajstić information content (AvgIpc) is 2.48. The number of rotatable bonds is 4. The Morgan fingerprint density at radius 2 is 2.05 bits per heavy atom. The van der Waals surface area contributed by atoms with Gasteiger partial charge < -0.3 is 18.6 Å². The molecule has 112 valence electrons. The zero-order chi connectivity index (χ0) is 14.7. The largest absolute Gasteiger partial charge is 0.493 e. The third-order valence-electron chi connectivity index (χ3n) is 3.44. The lowest BCUT2D eigenvalue weighted by Crippen LogP contribution is -2.26. The van der Waals surface area contributed by atoms with Crippen LogP contribution in [0.2, 0.25) is 0 Å². The van der Waals surface area contributed by atoms with Crippen molar-refractivity contribution in [2.24, 2.45) is 0 Å². The van der Waals surface area contributed by atoms with Crippen molar-refractivity contribution in [2.75, 3.05) is 19.8 Å². The van der Waals surface area contributed by atoms with Crippen LogP contribution >= 0.6 is 0 Å². The third kappa shape index (κ3) is 3.43. The van der Waals surface area contributed by atoms with Crippen LogP contribution < -0.4 is 10.4 Å². The summed E-state index contributed by atoms with van der Waals surface area (Å²) >= 11 is 0. The first-order valence-corrected chi connectivity index (χ1v) is 7.13. The number of hydrogen-bond acceptors (Lipinski definition) is 5. The summed E-state index contributed by atoms with van der Waals surface area (Å²) in [6.45, 7) is 3.86. The van der Waals surface area contributed by atoms with Crippen LogP contribution in [0.25, 0.3) is 11.0 Å². The monoisotopic (exact) mass is 290 g/mol. The first-order chi connectivity index (χ1) is 10.2. The van der Waals surface area contributed by atoms with Crippen molar-refractivity contribution in [2.45, 2.75) is 26.1 Å². The molecule has 1 aromatic carbocycles. The molecule has 0 radical (unpaired) electrons. The van der Waals surface area contributed by atoms with Crippen LogP contribution in [0, 0.1) is 6.92 Å². The Morgan fingerprint density at radius 3 is 2.86 bits per heavy atom. The number of aryl methyl sites for hydroxylation is 1. The van der Waals surface area contributed by atoms with Gasteiger partial charge in [0.05, 0.1) is 19.8 Å². The van der Waals surface area contributed by atoms with Gasteiger partial charge in [-0.2, -0.15) is 0 Å². The molecule has 0 spiro atoms. The molecule has 0 saturated carbocycles. The zero-order valence-electron chi connectivity index (χ0n) is 12.0. The fraction of sp³-hybridized carbons (Fsp3) is 0.438. The van der Waals surface area contributed by atoms with Crippen molar-refractivity contribution in [3.8, 4) is 5.75 Å². The molecule has 1 fully saturated rings. The van der Waals surface area contributed by atoms with E-state index in [4.69, 9.17) is 18.6 Å². The molecule has 1 aliphatic rings. The van der Waals surface area contributed by atoms with Gasteiger partial charge in [-0.05, 0) is 31.0 Å². The summed E-state index contributed by atoms with van der Waals surface area (Å²) in [4.78, 5) is 11.4. The summed E-state index contributed by atoms with van der Waals surface area (Å²) in [6, 6.07) is 7.00. The van der Waals surface area contributed by atoms with Crippen molar-refractivity contribution >= 4 is 11.0 Å². The smallest absolute Gasteiger partial charge is 0.336 e. The summed E-state index contributed by atoms with van der Waals surface area (Å²) in [5, 5.41) is 0.917. The van der Waals surface area contributed by atoms with E-state index in [2.05, 4.69) is 0 Å². The fourth-order valence-electron chi connectivity index (χ4n) is 2.37. The predicted octanol–water partition coefficient (Wildman–Crippen LogP) is 2.63. The summed E-state index contributed by atoms with van der Waals surface area (Å²) in [6.07, 6.45) is 1.44. The first-order valence-electron chi connectivity index (χ1n) is 7.13. The van der Waals surface area contributed by atoms with Gasteiger partial charge in [0.2, 0.25) is 0 Å². The SMILES string of the molecule is Cc1cc(=O)oc2cc(OCCC3OCCCO3)ccc12. The van der Waals surface area contributed by atoms with Crippen molar-refractivity contribution in [3.05, 3.63) is 40.2 Å². The van der Waals surface area contributed by atoms with Gasteiger partial charge >= 0.3 is 5.63 Å². The van der Waals surface area contributed by atoms with Crippen LogP contribution in [0.1, 0.15) is 18.4 Å². The van der Waals surface area contributed by atoms with E-state index in [0.717, 1.165) is 30.6 Å². The molecule has 0 atom stereocenters. The minimum Gasteiger partial charge on any atom is -0.493 e. The topological polar surface area (TPSA) is 57.9 Å². The maximum Gasteiger partial charge on any atom is 0.336 e. The van der Waals surface area contributed by atoms with Gasteiger partial charge in [-0.25, -0.2) is 4.79 Å². The highest BCUT2D eigenvalue weighted by atomic mass is 16.7. The highest BCUT2D eigenvalue weighted by Crippen LogP contribution is 2.22. The van der Waals surface area contributed by atoms with Gasteiger partial charge in [0.15, 0.2) is 6.29 Å². The average molecular weight is 290 g/mol. The van der Waals surface area contributed by atoms with Crippen LogP contribution in [0.4, 0.5) is 0 Å².